The van der Waals surface area contributed by atoms with E-state index < -0.39 is 12.0 Å². The van der Waals surface area contributed by atoms with Gasteiger partial charge in [-0.25, -0.2) is 0 Å². The minimum atomic E-state index is -1.02. The van der Waals surface area contributed by atoms with Crippen molar-refractivity contribution in [3.05, 3.63) is 29.8 Å². The second kappa shape index (κ2) is 7.31. The molecule has 1 rings (SSSR count). The van der Waals surface area contributed by atoms with Crippen molar-refractivity contribution in [2.75, 3.05) is 0 Å². The van der Waals surface area contributed by atoms with Crippen LogP contribution in [0.4, 0.5) is 0 Å². The van der Waals surface area contributed by atoms with Crippen LogP contribution >= 0.6 is 0 Å². The summed E-state index contributed by atoms with van der Waals surface area (Å²) in [6.45, 7) is 0. The number of carboxylic acid groups (broad SMARTS) is 1. The van der Waals surface area contributed by atoms with Crippen LogP contribution in [-0.2, 0) is 29.8 Å². The number of nitrogens with two attached hydrogens (primary N) is 1. The van der Waals surface area contributed by atoms with Crippen molar-refractivity contribution < 1.29 is 33.6 Å². The fourth-order valence-corrected chi connectivity index (χ4v) is 0.973. The van der Waals surface area contributed by atoms with E-state index in [-0.39, 0.29) is 36.9 Å². The van der Waals surface area contributed by atoms with Crippen LogP contribution in [0, 0.1) is 0 Å². The molecule has 0 aliphatic heterocycles. The summed E-state index contributed by atoms with van der Waals surface area (Å²) in [5, 5.41) is 17.5. The molecule has 0 saturated heterocycles. The van der Waals surface area contributed by atoms with Crippen LogP contribution < -0.4 is 11.9 Å². The normalized spacial score (nSPS) is 10.7. The smallest absolute Gasteiger partial charge is 0.320 e. The molecule has 0 bridgehead atoms. The Labute approximate surface area is 99.8 Å². The van der Waals surface area contributed by atoms with Crippen molar-refractivity contribution in [1.29, 1.82) is 0 Å². The number of phenolic OH excluding ortho intramolecular Hbond substituents is 1. The summed E-state index contributed by atoms with van der Waals surface area (Å²) in [4.78, 5) is 10.4. The van der Waals surface area contributed by atoms with E-state index in [9.17, 15) is 4.79 Å². The van der Waals surface area contributed by atoms with Gasteiger partial charge in [0.05, 0.1) is 0 Å². The SMILES string of the molecule is N.NC(Cc1ccc(O)cc1)C(=O)O.[V]. The zero-order valence-electron chi connectivity index (χ0n) is 8.13. The first-order chi connectivity index (χ1) is 6.09. The zero-order valence-corrected chi connectivity index (χ0v) is 9.52. The standard InChI is InChI=1S/C9H11NO3.H3N.V/c10-8(9(12)13)5-6-1-3-7(11)4-2-6;;/h1-4,8,11H,5,10H2,(H,12,13);1H3;. The number of aliphatic carboxylic acids is 1. The predicted molar refractivity (Wildman–Crippen MR) is 52.4 cm³/mol. The third-order valence-corrected chi connectivity index (χ3v) is 1.71. The minimum absolute atomic E-state index is 0. The molecule has 0 aliphatic rings. The number of benzene rings is 1. The molecule has 0 fully saturated rings. The van der Waals surface area contributed by atoms with Gasteiger partial charge in [0.1, 0.15) is 11.8 Å². The van der Waals surface area contributed by atoms with Gasteiger partial charge in [0.2, 0.25) is 0 Å². The third-order valence-electron chi connectivity index (χ3n) is 1.71. The van der Waals surface area contributed by atoms with Crippen LogP contribution in [-0.4, -0.2) is 22.2 Å². The number of phenols is 1. The number of hydrogen-bond donors (Lipinski definition) is 4. The number of carboxylic acids is 1. The molecule has 1 atom stereocenters. The van der Waals surface area contributed by atoms with Crippen LogP contribution in [0.2, 0.25) is 0 Å². The second-order valence-corrected chi connectivity index (χ2v) is 2.82. The van der Waals surface area contributed by atoms with Crippen LogP contribution in [0.25, 0.3) is 0 Å². The van der Waals surface area contributed by atoms with Gasteiger partial charge in [-0.05, 0) is 24.1 Å². The summed E-state index contributed by atoms with van der Waals surface area (Å²) < 4.78 is 0. The van der Waals surface area contributed by atoms with Gasteiger partial charge in [0, 0.05) is 18.6 Å². The average Bonchev–Trinajstić information content (AvgIpc) is 2.08. The van der Waals surface area contributed by atoms with Crippen molar-refractivity contribution in [2.24, 2.45) is 5.73 Å². The fourth-order valence-electron chi connectivity index (χ4n) is 0.973. The molecular weight excluding hydrogens is 235 g/mol. The summed E-state index contributed by atoms with van der Waals surface area (Å²) in [6.07, 6.45) is 0.273. The number of rotatable bonds is 3. The average molecular weight is 249 g/mol. The van der Waals surface area contributed by atoms with Crippen molar-refractivity contribution >= 4 is 5.97 Å². The molecule has 0 heterocycles. The Morgan fingerprint density at radius 2 is 1.80 bits per heavy atom. The number of hydrogen-bond acceptors (Lipinski definition) is 4. The largest absolute Gasteiger partial charge is 0.508 e. The molecule has 15 heavy (non-hydrogen) atoms. The molecule has 1 radical (unpaired) electrons. The van der Waals surface area contributed by atoms with Crippen molar-refractivity contribution in [3.63, 3.8) is 0 Å². The summed E-state index contributed by atoms with van der Waals surface area (Å²) in [6, 6.07) is 5.42. The Morgan fingerprint density at radius 3 is 2.20 bits per heavy atom. The Kier molecular flexibility index (Phi) is 8.00. The van der Waals surface area contributed by atoms with Crippen molar-refractivity contribution in [1.82, 2.24) is 6.15 Å². The van der Waals surface area contributed by atoms with E-state index in [0.29, 0.717) is 0 Å². The molecule has 7 N–H and O–H groups in total. The Balaban J connectivity index is 0. The summed E-state index contributed by atoms with van der Waals surface area (Å²) in [5.41, 5.74) is 6.12. The van der Waals surface area contributed by atoms with E-state index in [1.165, 1.54) is 12.1 Å². The van der Waals surface area contributed by atoms with Gasteiger partial charge in [0.15, 0.2) is 0 Å². The molecule has 0 aromatic heterocycles. The third kappa shape index (κ3) is 5.44. The molecule has 6 heteroatoms. The summed E-state index contributed by atoms with van der Waals surface area (Å²) in [7, 11) is 0. The van der Waals surface area contributed by atoms with E-state index >= 15 is 0 Å². The van der Waals surface area contributed by atoms with Gasteiger partial charge in [-0.15, -0.1) is 0 Å². The van der Waals surface area contributed by atoms with Gasteiger partial charge in [0.25, 0.3) is 0 Å². The van der Waals surface area contributed by atoms with Crippen LogP contribution in [0.1, 0.15) is 5.56 Å². The maximum absolute atomic E-state index is 10.4. The van der Waals surface area contributed by atoms with E-state index in [1.807, 2.05) is 0 Å². The van der Waals surface area contributed by atoms with Crippen LogP contribution in [0.3, 0.4) is 0 Å². The molecule has 0 amide bonds. The molecule has 0 saturated carbocycles. The zero-order chi connectivity index (χ0) is 9.84. The van der Waals surface area contributed by atoms with Gasteiger partial charge >= 0.3 is 5.97 Å². The maximum atomic E-state index is 10.4. The Bertz CT molecular complexity index is 303. The molecule has 1 unspecified atom stereocenters. The minimum Gasteiger partial charge on any atom is -0.508 e. The Morgan fingerprint density at radius 1 is 1.33 bits per heavy atom. The maximum Gasteiger partial charge on any atom is 0.320 e. The number of aromatic hydroxyl groups is 1. The topological polar surface area (TPSA) is 119 Å². The number of carbonyl (C=O) groups is 1. The van der Waals surface area contributed by atoms with Crippen LogP contribution in [0.5, 0.6) is 5.75 Å². The van der Waals surface area contributed by atoms with Gasteiger partial charge in [-0.2, -0.15) is 0 Å². The first-order valence-electron chi connectivity index (χ1n) is 3.86. The van der Waals surface area contributed by atoms with E-state index in [2.05, 4.69) is 0 Å². The van der Waals surface area contributed by atoms with Crippen LogP contribution in [0.15, 0.2) is 24.3 Å². The molecule has 5 nitrogen and oxygen atoms in total. The fraction of sp³-hybridized carbons (Fsp3) is 0.222. The molecular formula is C9H14N2O3V. The monoisotopic (exact) mass is 249 g/mol. The van der Waals surface area contributed by atoms with Crippen molar-refractivity contribution in [3.8, 4) is 5.75 Å². The van der Waals surface area contributed by atoms with E-state index in [4.69, 9.17) is 15.9 Å². The molecule has 83 valence electrons. The van der Waals surface area contributed by atoms with E-state index in [1.54, 1.807) is 12.1 Å². The second-order valence-electron chi connectivity index (χ2n) is 2.82. The summed E-state index contributed by atoms with van der Waals surface area (Å²) >= 11 is 0. The van der Waals surface area contributed by atoms with Gasteiger partial charge in [-0.3, -0.25) is 4.79 Å². The van der Waals surface area contributed by atoms with E-state index in [0.717, 1.165) is 5.56 Å². The predicted octanol–water partition coefficient (Wildman–Crippen LogP) is 0.506. The molecule has 1 aromatic rings. The summed E-state index contributed by atoms with van der Waals surface area (Å²) in [5.74, 6) is -0.860. The van der Waals surface area contributed by atoms with Gasteiger partial charge in [-0.1, -0.05) is 12.1 Å². The van der Waals surface area contributed by atoms with Crippen molar-refractivity contribution in [2.45, 2.75) is 12.5 Å². The molecule has 1 aromatic carbocycles. The quantitative estimate of drug-likeness (QED) is 0.622. The first-order valence-corrected chi connectivity index (χ1v) is 3.86. The van der Waals surface area contributed by atoms with Gasteiger partial charge < -0.3 is 22.1 Å². The first kappa shape index (κ1) is 16.4. The Hall–Kier alpha value is -1.01. The molecule has 0 spiro atoms. The molecule has 0 aliphatic carbocycles.